The Labute approximate surface area is 151 Å². The highest BCUT2D eigenvalue weighted by Gasteiger charge is 2.29. The number of nitrogens with zero attached hydrogens (tertiary/aromatic N) is 2. The Hall–Kier alpha value is -0.120. The number of rotatable bonds is 5. The molecule has 2 aliphatic heterocycles. The van der Waals surface area contributed by atoms with Crippen molar-refractivity contribution in [2.45, 2.75) is 38.4 Å². The molecule has 2 rings (SSSR count). The van der Waals surface area contributed by atoms with E-state index in [-0.39, 0.29) is 35.7 Å². The molecule has 2 aliphatic rings. The third kappa shape index (κ3) is 6.55. The first-order valence-electron chi connectivity index (χ1n) is 8.07. The van der Waals surface area contributed by atoms with Crippen LogP contribution < -0.4 is 10.6 Å². The van der Waals surface area contributed by atoms with Gasteiger partial charge in [-0.25, -0.2) is 0 Å². The fourth-order valence-electron chi connectivity index (χ4n) is 2.75. The molecule has 2 fully saturated rings. The second-order valence-corrected chi connectivity index (χ2v) is 6.23. The first kappa shape index (κ1) is 19.9. The maximum absolute atomic E-state index is 5.78. The van der Waals surface area contributed by atoms with Crippen molar-refractivity contribution in [3.63, 3.8) is 0 Å². The fourth-order valence-corrected chi connectivity index (χ4v) is 2.75. The summed E-state index contributed by atoms with van der Waals surface area (Å²) in [7, 11) is 2.13. The summed E-state index contributed by atoms with van der Waals surface area (Å²) in [6.07, 6.45) is 2.45. The molecule has 0 saturated carbocycles. The van der Waals surface area contributed by atoms with Gasteiger partial charge in [-0.3, -0.25) is 4.99 Å². The van der Waals surface area contributed by atoms with E-state index in [1.165, 1.54) is 0 Å². The van der Waals surface area contributed by atoms with E-state index in [0.29, 0.717) is 6.54 Å². The number of likely N-dealkylation sites (N-methyl/N-ethyl adjacent to an activating group) is 1. The first-order valence-corrected chi connectivity index (χ1v) is 8.07. The molecule has 0 radical (unpaired) electrons. The van der Waals surface area contributed by atoms with Crippen LogP contribution >= 0.6 is 24.0 Å². The smallest absolute Gasteiger partial charge is 0.191 e. The molecule has 0 amide bonds. The lowest BCUT2D eigenvalue weighted by atomic mass is 10.0. The fraction of sp³-hybridized carbons (Fsp3) is 0.933. The Bertz CT molecular complexity index is 348. The average molecular weight is 426 g/mol. The Morgan fingerprint density at radius 3 is 2.82 bits per heavy atom. The van der Waals surface area contributed by atoms with Gasteiger partial charge in [-0.15, -0.1) is 24.0 Å². The molecular formula is C15H31IN4O2. The lowest BCUT2D eigenvalue weighted by molar-refractivity contribution is -0.0161. The van der Waals surface area contributed by atoms with E-state index in [1.807, 2.05) is 0 Å². The topological polar surface area (TPSA) is 58.1 Å². The second kappa shape index (κ2) is 9.89. The van der Waals surface area contributed by atoms with Crippen LogP contribution in [0.3, 0.4) is 0 Å². The summed E-state index contributed by atoms with van der Waals surface area (Å²) in [6, 6.07) is 0. The van der Waals surface area contributed by atoms with E-state index in [2.05, 4.69) is 41.4 Å². The van der Waals surface area contributed by atoms with Crippen LogP contribution in [0.2, 0.25) is 0 Å². The Morgan fingerprint density at radius 2 is 2.18 bits per heavy atom. The maximum Gasteiger partial charge on any atom is 0.191 e. The van der Waals surface area contributed by atoms with Crippen molar-refractivity contribution in [1.29, 1.82) is 0 Å². The normalized spacial score (nSPS) is 30.0. The van der Waals surface area contributed by atoms with Crippen LogP contribution in [0.5, 0.6) is 0 Å². The van der Waals surface area contributed by atoms with Gasteiger partial charge in [0.1, 0.15) is 0 Å². The molecule has 2 unspecified atom stereocenters. The Morgan fingerprint density at radius 1 is 1.36 bits per heavy atom. The predicted octanol–water partition coefficient (Wildman–Crippen LogP) is 1.06. The molecular weight excluding hydrogens is 395 g/mol. The van der Waals surface area contributed by atoms with Crippen LogP contribution in [0, 0.1) is 0 Å². The highest BCUT2D eigenvalue weighted by Crippen LogP contribution is 2.24. The summed E-state index contributed by atoms with van der Waals surface area (Å²) in [6.45, 7) is 10.2. The highest BCUT2D eigenvalue weighted by atomic mass is 127. The zero-order chi connectivity index (χ0) is 15.1. The zero-order valence-corrected chi connectivity index (χ0v) is 16.4. The molecule has 2 N–H and O–H groups in total. The maximum atomic E-state index is 5.78. The molecule has 0 aromatic rings. The summed E-state index contributed by atoms with van der Waals surface area (Å²) in [5, 5.41) is 6.67. The minimum absolute atomic E-state index is 0. The van der Waals surface area contributed by atoms with E-state index in [0.717, 1.165) is 58.2 Å². The average Bonchev–Trinajstić information content (AvgIpc) is 2.89. The van der Waals surface area contributed by atoms with E-state index >= 15 is 0 Å². The van der Waals surface area contributed by atoms with Gasteiger partial charge in [0.15, 0.2) is 5.96 Å². The van der Waals surface area contributed by atoms with Crippen LogP contribution in [0.15, 0.2) is 4.99 Å². The van der Waals surface area contributed by atoms with Crippen molar-refractivity contribution in [3.05, 3.63) is 0 Å². The molecule has 7 heteroatoms. The van der Waals surface area contributed by atoms with E-state index in [9.17, 15) is 0 Å². The van der Waals surface area contributed by atoms with Crippen LogP contribution in [-0.2, 0) is 9.47 Å². The third-order valence-corrected chi connectivity index (χ3v) is 4.06. The minimum Gasteiger partial charge on any atom is -0.374 e. The summed E-state index contributed by atoms with van der Waals surface area (Å²) in [5.41, 5.74) is -0.0933. The molecule has 0 spiro atoms. The van der Waals surface area contributed by atoms with Crippen molar-refractivity contribution in [1.82, 2.24) is 15.5 Å². The number of halogens is 1. The molecule has 0 aromatic heterocycles. The van der Waals surface area contributed by atoms with Crippen molar-refractivity contribution in [2.24, 2.45) is 4.99 Å². The van der Waals surface area contributed by atoms with Gasteiger partial charge in [0.25, 0.3) is 0 Å². The minimum atomic E-state index is -0.0933. The Balaban J connectivity index is 0.00000242. The summed E-state index contributed by atoms with van der Waals surface area (Å²) >= 11 is 0. The summed E-state index contributed by atoms with van der Waals surface area (Å²) in [4.78, 5) is 6.97. The van der Waals surface area contributed by atoms with Gasteiger partial charge in [-0.05, 0) is 33.7 Å². The van der Waals surface area contributed by atoms with Gasteiger partial charge in [-0.2, -0.15) is 0 Å². The van der Waals surface area contributed by atoms with Gasteiger partial charge >= 0.3 is 0 Å². The first-order chi connectivity index (χ1) is 10.1. The van der Waals surface area contributed by atoms with E-state index in [4.69, 9.17) is 9.47 Å². The number of nitrogens with one attached hydrogen (secondary N) is 2. The molecule has 2 atom stereocenters. The largest absolute Gasteiger partial charge is 0.374 e. The van der Waals surface area contributed by atoms with Crippen LogP contribution in [-0.4, -0.2) is 75.5 Å². The lowest BCUT2D eigenvalue weighted by Crippen LogP contribution is -2.48. The monoisotopic (exact) mass is 426 g/mol. The van der Waals surface area contributed by atoms with Crippen LogP contribution in [0.4, 0.5) is 0 Å². The summed E-state index contributed by atoms with van der Waals surface area (Å²) < 4.78 is 11.5. The molecule has 2 saturated heterocycles. The van der Waals surface area contributed by atoms with Crippen molar-refractivity contribution < 1.29 is 9.47 Å². The van der Waals surface area contributed by atoms with Gasteiger partial charge in [0, 0.05) is 32.8 Å². The van der Waals surface area contributed by atoms with Gasteiger partial charge in [0.05, 0.1) is 24.9 Å². The van der Waals surface area contributed by atoms with Crippen molar-refractivity contribution >= 4 is 29.9 Å². The molecule has 0 aliphatic carbocycles. The number of aliphatic imine (C=N–C) groups is 1. The Kier molecular flexibility index (Phi) is 8.96. The van der Waals surface area contributed by atoms with Crippen molar-refractivity contribution in [3.8, 4) is 0 Å². The van der Waals surface area contributed by atoms with Crippen LogP contribution in [0.25, 0.3) is 0 Å². The number of ether oxygens (including phenoxy) is 2. The van der Waals surface area contributed by atoms with Gasteiger partial charge in [-0.1, -0.05) is 0 Å². The quantitative estimate of drug-likeness (QED) is 0.391. The zero-order valence-electron chi connectivity index (χ0n) is 14.1. The highest BCUT2D eigenvalue weighted by molar-refractivity contribution is 14.0. The number of hydrogen-bond donors (Lipinski definition) is 2. The SMILES string of the molecule is CCNC(=NCC1(C)CCCO1)NCC1CN(C)CCO1.I. The standard InChI is InChI=1S/C15H30N4O2.HI/c1-4-16-14(18-12-15(2)6-5-8-21-15)17-10-13-11-19(3)7-9-20-13;/h13H,4-12H2,1-3H3,(H2,16,17,18);1H. The molecule has 130 valence electrons. The van der Waals surface area contributed by atoms with Gasteiger partial charge in [0.2, 0.25) is 0 Å². The third-order valence-electron chi connectivity index (χ3n) is 4.06. The molecule has 0 aromatic carbocycles. The molecule has 2 heterocycles. The van der Waals surface area contributed by atoms with E-state index < -0.39 is 0 Å². The number of hydrogen-bond acceptors (Lipinski definition) is 4. The van der Waals surface area contributed by atoms with E-state index in [1.54, 1.807) is 0 Å². The number of guanidine groups is 1. The molecule has 0 bridgehead atoms. The van der Waals surface area contributed by atoms with Crippen molar-refractivity contribution in [2.75, 3.05) is 53.0 Å². The second-order valence-electron chi connectivity index (χ2n) is 6.23. The summed E-state index contributed by atoms with van der Waals surface area (Å²) in [5.74, 6) is 0.853. The number of morpholine rings is 1. The predicted molar refractivity (Wildman–Crippen MR) is 100 cm³/mol. The van der Waals surface area contributed by atoms with Crippen LogP contribution in [0.1, 0.15) is 26.7 Å². The lowest BCUT2D eigenvalue weighted by Gasteiger charge is -2.30. The van der Waals surface area contributed by atoms with Gasteiger partial charge < -0.3 is 25.0 Å². The molecule has 22 heavy (non-hydrogen) atoms. The molecule has 6 nitrogen and oxygen atoms in total.